The van der Waals surface area contributed by atoms with Crippen LogP contribution in [0.1, 0.15) is 16.8 Å². The predicted molar refractivity (Wildman–Crippen MR) is 96.6 cm³/mol. The van der Waals surface area contributed by atoms with E-state index in [-0.39, 0.29) is 16.7 Å². The maximum atomic E-state index is 12.2. The van der Waals surface area contributed by atoms with Gasteiger partial charge in [-0.3, -0.25) is 9.10 Å². The number of nitrogens with one attached hydrogen (secondary N) is 1. The molecular formula is C16H14Cl2N2O3S. The van der Waals surface area contributed by atoms with E-state index in [0.717, 1.165) is 0 Å². The lowest BCUT2D eigenvalue weighted by Crippen LogP contribution is -2.25. The van der Waals surface area contributed by atoms with Crippen LogP contribution < -0.4 is 9.62 Å². The van der Waals surface area contributed by atoms with Gasteiger partial charge in [0.1, 0.15) is 0 Å². The first kappa shape index (κ1) is 17.1. The van der Waals surface area contributed by atoms with Crippen molar-refractivity contribution in [2.75, 3.05) is 21.9 Å². The van der Waals surface area contributed by atoms with Crippen molar-refractivity contribution in [1.82, 2.24) is 0 Å². The summed E-state index contributed by atoms with van der Waals surface area (Å²) in [6, 6.07) is 11.2. The summed E-state index contributed by atoms with van der Waals surface area (Å²) in [5.74, 6) is -0.185. The molecule has 5 nitrogen and oxygen atoms in total. The Morgan fingerprint density at radius 3 is 2.38 bits per heavy atom. The lowest BCUT2D eigenvalue weighted by molar-refractivity contribution is 0.102. The number of sulfonamides is 1. The van der Waals surface area contributed by atoms with E-state index < -0.39 is 10.0 Å². The van der Waals surface area contributed by atoms with E-state index >= 15 is 0 Å². The molecule has 126 valence electrons. The Kier molecular flexibility index (Phi) is 4.71. The molecule has 8 heteroatoms. The number of anilines is 2. The molecule has 1 saturated heterocycles. The van der Waals surface area contributed by atoms with Crippen LogP contribution in [0.5, 0.6) is 0 Å². The average Bonchev–Trinajstić information content (AvgIpc) is 2.89. The minimum absolute atomic E-state index is 0.139. The molecule has 1 aliphatic heterocycles. The lowest BCUT2D eigenvalue weighted by Gasteiger charge is -2.18. The first-order valence-corrected chi connectivity index (χ1v) is 9.60. The Labute approximate surface area is 150 Å². The molecule has 0 bridgehead atoms. The molecule has 0 unspecified atom stereocenters. The summed E-state index contributed by atoms with van der Waals surface area (Å²) in [6.07, 6.45) is 0.592. The summed E-state index contributed by atoms with van der Waals surface area (Å²) in [6.45, 7) is 0.440. The van der Waals surface area contributed by atoms with Crippen molar-refractivity contribution in [2.45, 2.75) is 6.42 Å². The molecule has 1 amide bonds. The van der Waals surface area contributed by atoms with Gasteiger partial charge < -0.3 is 5.32 Å². The second kappa shape index (κ2) is 6.63. The van der Waals surface area contributed by atoms with Crippen molar-refractivity contribution >= 4 is 50.5 Å². The molecule has 1 N–H and O–H groups in total. The van der Waals surface area contributed by atoms with Gasteiger partial charge in [-0.15, -0.1) is 0 Å². The van der Waals surface area contributed by atoms with E-state index in [1.54, 1.807) is 42.5 Å². The second-order valence-corrected chi connectivity index (χ2v) is 8.22. The van der Waals surface area contributed by atoms with Crippen LogP contribution in [0.4, 0.5) is 11.4 Å². The largest absolute Gasteiger partial charge is 0.321 e. The molecule has 0 aromatic heterocycles. The zero-order chi connectivity index (χ0) is 17.3. The molecule has 0 spiro atoms. The van der Waals surface area contributed by atoms with E-state index in [2.05, 4.69) is 5.32 Å². The fourth-order valence-corrected chi connectivity index (χ4v) is 4.39. The summed E-state index contributed by atoms with van der Waals surface area (Å²) in [5.41, 5.74) is 1.36. The Hall–Kier alpha value is -1.76. The van der Waals surface area contributed by atoms with Gasteiger partial charge in [-0.1, -0.05) is 23.2 Å². The topological polar surface area (TPSA) is 66.5 Å². The Morgan fingerprint density at radius 2 is 1.79 bits per heavy atom. The van der Waals surface area contributed by atoms with E-state index in [9.17, 15) is 13.2 Å². The summed E-state index contributed by atoms with van der Waals surface area (Å²) in [7, 11) is -3.27. The fourth-order valence-electron chi connectivity index (χ4n) is 2.49. The molecule has 1 heterocycles. The van der Waals surface area contributed by atoms with E-state index in [1.165, 1.54) is 4.31 Å². The number of benzene rings is 2. The van der Waals surface area contributed by atoms with Gasteiger partial charge in [0.2, 0.25) is 10.0 Å². The number of rotatable bonds is 3. The van der Waals surface area contributed by atoms with Gasteiger partial charge in [0.15, 0.2) is 0 Å². The summed E-state index contributed by atoms with van der Waals surface area (Å²) in [4.78, 5) is 12.2. The molecule has 0 atom stereocenters. The Balaban J connectivity index is 1.80. The monoisotopic (exact) mass is 384 g/mol. The standard InChI is InChI=1S/C16H14Cl2N2O3S/c17-12-4-2-11(3-5-12)16(21)19-15-7-6-13(10-14(15)18)20-8-1-9-24(20,22)23/h2-7,10H,1,8-9H2,(H,19,21). The third kappa shape index (κ3) is 3.50. The SMILES string of the molecule is O=C(Nc1ccc(N2CCCS2(=O)=O)cc1Cl)c1ccc(Cl)cc1. The van der Waals surface area contributed by atoms with Crippen LogP contribution in [-0.2, 0) is 10.0 Å². The quantitative estimate of drug-likeness (QED) is 0.875. The molecule has 2 aromatic carbocycles. The van der Waals surface area contributed by atoms with Crippen molar-refractivity contribution in [3.05, 3.63) is 58.1 Å². The first-order chi connectivity index (χ1) is 11.4. The molecule has 1 fully saturated rings. The van der Waals surface area contributed by atoms with Gasteiger partial charge in [-0.2, -0.15) is 0 Å². The van der Waals surface area contributed by atoms with Gasteiger partial charge in [-0.05, 0) is 48.9 Å². The number of carbonyl (C=O) groups is 1. The van der Waals surface area contributed by atoms with Gasteiger partial charge >= 0.3 is 0 Å². The number of nitrogens with zero attached hydrogens (tertiary/aromatic N) is 1. The van der Waals surface area contributed by atoms with E-state index in [4.69, 9.17) is 23.2 Å². The molecule has 24 heavy (non-hydrogen) atoms. The maximum absolute atomic E-state index is 12.2. The van der Waals surface area contributed by atoms with Crippen LogP contribution >= 0.6 is 23.2 Å². The number of carbonyl (C=O) groups excluding carboxylic acids is 1. The molecule has 2 aromatic rings. The third-order valence-electron chi connectivity index (χ3n) is 3.69. The predicted octanol–water partition coefficient (Wildman–Crippen LogP) is 3.79. The lowest BCUT2D eigenvalue weighted by atomic mass is 10.2. The minimum Gasteiger partial charge on any atom is -0.321 e. The normalized spacial score (nSPS) is 16.2. The molecule has 0 radical (unpaired) electrons. The second-order valence-electron chi connectivity index (χ2n) is 5.37. The van der Waals surface area contributed by atoms with Gasteiger partial charge in [0, 0.05) is 17.1 Å². The van der Waals surface area contributed by atoms with Crippen LogP contribution in [0, 0.1) is 0 Å². The van der Waals surface area contributed by atoms with Gasteiger partial charge in [-0.25, -0.2) is 8.42 Å². The van der Waals surface area contributed by atoms with Crippen LogP contribution in [0.15, 0.2) is 42.5 Å². The third-order valence-corrected chi connectivity index (χ3v) is 6.13. The van der Waals surface area contributed by atoms with Gasteiger partial charge in [0.25, 0.3) is 5.91 Å². The van der Waals surface area contributed by atoms with E-state index in [0.29, 0.717) is 34.9 Å². The van der Waals surface area contributed by atoms with Crippen molar-refractivity contribution in [2.24, 2.45) is 0 Å². The minimum atomic E-state index is -3.27. The highest BCUT2D eigenvalue weighted by Crippen LogP contribution is 2.31. The smallest absolute Gasteiger partial charge is 0.255 e. The summed E-state index contributed by atoms with van der Waals surface area (Å²) in [5, 5.41) is 3.52. The van der Waals surface area contributed by atoms with Crippen molar-refractivity contribution in [1.29, 1.82) is 0 Å². The van der Waals surface area contributed by atoms with Crippen molar-refractivity contribution < 1.29 is 13.2 Å². The molecular weight excluding hydrogens is 371 g/mol. The number of amides is 1. The zero-order valence-electron chi connectivity index (χ0n) is 12.5. The summed E-state index contributed by atoms with van der Waals surface area (Å²) < 4.78 is 25.2. The maximum Gasteiger partial charge on any atom is 0.255 e. The molecule has 3 rings (SSSR count). The highest BCUT2D eigenvalue weighted by atomic mass is 35.5. The number of hydrogen-bond donors (Lipinski definition) is 1. The zero-order valence-corrected chi connectivity index (χ0v) is 14.8. The van der Waals surface area contributed by atoms with Crippen molar-refractivity contribution in [3.63, 3.8) is 0 Å². The number of hydrogen-bond acceptors (Lipinski definition) is 3. The van der Waals surface area contributed by atoms with Crippen LogP contribution in [0.2, 0.25) is 10.0 Å². The molecule has 0 aliphatic carbocycles. The number of halogens is 2. The Morgan fingerprint density at radius 1 is 1.08 bits per heavy atom. The fraction of sp³-hybridized carbons (Fsp3) is 0.188. The molecule has 1 aliphatic rings. The summed E-state index contributed by atoms with van der Waals surface area (Å²) >= 11 is 12.0. The van der Waals surface area contributed by atoms with Crippen molar-refractivity contribution in [3.8, 4) is 0 Å². The van der Waals surface area contributed by atoms with Gasteiger partial charge in [0.05, 0.1) is 22.2 Å². The average molecular weight is 385 g/mol. The first-order valence-electron chi connectivity index (χ1n) is 7.24. The van der Waals surface area contributed by atoms with E-state index in [1.807, 2.05) is 0 Å². The highest BCUT2D eigenvalue weighted by Gasteiger charge is 2.28. The highest BCUT2D eigenvalue weighted by molar-refractivity contribution is 7.93. The molecule has 0 saturated carbocycles. The Bertz CT molecular complexity index is 883. The van der Waals surface area contributed by atoms with Crippen LogP contribution in [0.3, 0.4) is 0 Å². The van der Waals surface area contributed by atoms with Crippen LogP contribution in [-0.4, -0.2) is 26.6 Å². The van der Waals surface area contributed by atoms with Crippen LogP contribution in [0.25, 0.3) is 0 Å².